The summed E-state index contributed by atoms with van der Waals surface area (Å²) in [6.45, 7) is 6.65. The summed E-state index contributed by atoms with van der Waals surface area (Å²) in [4.78, 5) is 20.8. The van der Waals surface area contributed by atoms with Gasteiger partial charge in [0.25, 0.3) is 0 Å². The van der Waals surface area contributed by atoms with E-state index in [0.717, 1.165) is 49.3 Å². The first kappa shape index (κ1) is 15.9. The molecule has 1 aromatic carbocycles. The van der Waals surface area contributed by atoms with Gasteiger partial charge in [-0.25, -0.2) is 0 Å². The third-order valence-electron chi connectivity index (χ3n) is 4.22. The maximum Gasteiger partial charge on any atom is 0.236 e. The maximum absolute atomic E-state index is 12.3. The number of nitrogens with zero attached hydrogens (tertiary/aromatic N) is 3. The van der Waals surface area contributed by atoms with Gasteiger partial charge in [-0.15, -0.1) is 0 Å². The minimum absolute atomic E-state index is 0.215. The van der Waals surface area contributed by atoms with Gasteiger partial charge in [-0.2, -0.15) is 0 Å². The molecule has 5 nitrogen and oxygen atoms in total. The van der Waals surface area contributed by atoms with Gasteiger partial charge < -0.3 is 10.2 Å². The fourth-order valence-corrected chi connectivity index (χ4v) is 2.99. The number of hydrogen-bond donors (Lipinski definition) is 1. The topological polar surface area (TPSA) is 48.5 Å². The van der Waals surface area contributed by atoms with Crippen LogP contribution in [0.3, 0.4) is 0 Å². The number of fused-ring (bicyclic) bond motifs is 1. The van der Waals surface area contributed by atoms with E-state index >= 15 is 0 Å². The lowest BCUT2D eigenvalue weighted by molar-refractivity contribution is -0.132. The van der Waals surface area contributed by atoms with Gasteiger partial charge in [0.2, 0.25) is 5.91 Å². The Morgan fingerprint density at radius 1 is 1.26 bits per heavy atom. The number of carbonyl (C=O) groups is 1. The lowest BCUT2D eigenvalue weighted by Crippen LogP contribution is -2.49. The van der Waals surface area contributed by atoms with E-state index in [1.807, 2.05) is 24.9 Å². The van der Waals surface area contributed by atoms with Crippen LogP contribution in [0.2, 0.25) is 0 Å². The summed E-state index contributed by atoms with van der Waals surface area (Å²) < 4.78 is 0. The van der Waals surface area contributed by atoms with Crippen molar-refractivity contribution in [3.8, 4) is 0 Å². The van der Waals surface area contributed by atoms with Crippen LogP contribution in [0, 0.1) is 6.92 Å². The number of nitrogens with one attached hydrogen (secondary N) is 1. The summed E-state index contributed by atoms with van der Waals surface area (Å²) >= 11 is 0. The number of amides is 1. The molecule has 1 saturated heterocycles. The van der Waals surface area contributed by atoms with E-state index in [2.05, 4.69) is 39.5 Å². The fraction of sp³-hybridized carbons (Fsp3) is 0.444. The van der Waals surface area contributed by atoms with Gasteiger partial charge in [-0.3, -0.25) is 14.7 Å². The first-order chi connectivity index (χ1) is 11.1. The Kier molecular flexibility index (Phi) is 4.88. The SMILES string of the molecule is Cc1ccc2cc(CN(C)CC(=O)N3CCNCC3)ccc2n1. The van der Waals surface area contributed by atoms with E-state index in [-0.39, 0.29) is 5.91 Å². The summed E-state index contributed by atoms with van der Waals surface area (Å²) in [6.07, 6.45) is 0. The lowest BCUT2D eigenvalue weighted by Gasteiger charge is -2.29. The van der Waals surface area contributed by atoms with Crippen molar-refractivity contribution < 1.29 is 4.79 Å². The first-order valence-corrected chi connectivity index (χ1v) is 8.15. The minimum Gasteiger partial charge on any atom is -0.339 e. The lowest BCUT2D eigenvalue weighted by atomic mass is 10.1. The van der Waals surface area contributed by atoms with E-state index in [1.54, 1.807) is 0 Å². The summed E-state index contributed by atoms with van der Waals surface area (Å²) in [7, 11) is 2.00. The summed E-state index contributed by atoms with van der Waals surface area (Å²) in [6, 6.07) is 10.5. The van der Waals surface area contributed by atoms with Crippen LogP contribution in [-0.4, -0.2) is 60.5 Å². The van der Waals surface area contributed by atoms with Crippen molar-refractivity contribution in [1.82, 2.24) is 20.1 Å². The molecule has 0 saturated carbocycles. The number of rotatable bonds is 4. The Morgan fingerprint density at radius 3 is 2.83 bits per heavy atom. The molecule has 0 spiro atoms. The Balaban J connectivity index is 1.61. The van der Waals surface area contributed by atoms with E-state index in [1.165, 1.54) is 5.56 Å². The van der Waals surface area contributed by atoms with Crippen LogP contribution < -0.4 is 5.32 Å². The smallest absolute Gasteiger partial charge is 0.236 e. The predicted molar refractivity (Wildman–Crippen MR) is 92.3 cm³/mol. The van der Waals surface area contributed by atoms with Crippen molar-refractivity contribution in [2.75, 3.05) is 39.8 Å². The van der Waals surface area contributed by atoms with Crippen molar-refractivity contribution >= 4 is 16.8 Å². The largest absolute Gasteiger partial charge is 0.339 e. The van der Waals surface area contributed by atoms with Crippen molar-refractivity contribution in [3.05, 3.63) is 41.6 Å². The number of hydrogen-bond acceptors (Lipinski definition) is 4. The van der Waals surface area contributed by atoms with Gasteiger partial charge in [0.1, 0.15) is 0 Å². The zero-order valence-corrected chi connectivity index (χ0v) is 13.9. The molecule has 1 N–H and O–H groups in total. The van der Waals surface area contributed by atoms with Gasteiger partial charge >= 0.3 is 0 Å². The van der Waals surface area contributed by atoms with Crippen molar-refractivity contribution in [2.24, 2.45) is 0 Å². The van der Waals surface area contributed by atoms with Crippen LogP contribution in [0.4, 0.5) is 0 Å². The average molecular weight is 312 g/mol. The van der Waals surface area contributed by atoms with E-state index in [4.69, 9.17) is 0 Å². The summed E-state index contributed by atoms with van der Waals surface area (Å²) in [5, 5.41) is 4.42. The molecule has 1 aromatic heterocycles. The molecule has 0 aliphatic carbocycles. The summed E-state index contributed by atoms with van der Waals surface area (Å²) in [5.74, 6) is 0.215. The highest BCUT2D eigenvalue weighted by Crippen LogP contribution is 2.16. The average Bonchev–Trinajstić information content (AvgIpc) is 2.55. The number of carbonyl (C=O) groups excluding carboxylic acids is 1. The van der Waals surface area contributed by atoms with Crippen LogP contribution in [0.5, 0.6) is 0 Å². The summed E-state index contributed by atoms with van der Waals surface area (Å²) in [5.41, 5.74) is 3.26. The Bertz CT molecular complexity index is 694. The molecule has 5 heteroatoms. The van der Waals surface area contributed by atoms with Gasteiger partial charge in [0.15, 0.2) is 0 Å². The van der Waals surface area contributed by atoms with Crippen molar-refractivity contribution in [1.29, 1.82) is 0 Å². The zero-order valence-electron chi connectivity index (χ0n) is 13.9. The number of likely N-dealkylation sites (N-methyl/N-ethyl adjacent to an activating group) is 1. The molecule has 1 aliphatic rings. The third-order valence-corrected chi connectivity index (χ3v) is 4.22. The monoisotopic (exact) mass is 312 g/mol. The second-order valence-corrected chi connectivity index (χ2v) is 6.28. The van der Waals surface area contributed by atoms with Crippen molar-refractivity contribution in [2.45, 2.75) is 13.5 Å². The predicted octanol–water partition coefficient (Wildman–Crippen LogP) is 1.41. The molecule has 1 aliphatic heterocycles. The zero-order chi connectivity index (χ0) is 16.2. The van der Waals surface area contributed by atoms with Gasteiger partial charge in [-0.05, 0) is 37.7 Å². The van der Waals surface area contributed by atoms with Crippen LogP contribution in [0.25, 0.3) is 10.9 Å². The Morgan fingerprint density at radius 2 is 2.04 bits per heavy atom. The van der Waals surface area contributed by atoms with Gasteiger partial charge in [0, 0.05) is 43.8 Å². The number of benzene rings is 1. The minimum atomic E-state index is 0.215. The molecule has 3 rings (SSSR count). The first-order valence-electron chi connectivity index (χ1n) is 8.15. The molecule has 1 fully saturated rings. The molecule has 2 aromatic rings. The highest BCUT2D eigenvalue weighted by molar-refractivity contribution is 5.80. The van der Waals surface area contributed by atoms with Crippen LogP contribution >= 0.6 is 0 Å². The Hall–Kier alpha value is -1.98. The van der Waals surface area contributed by atoms with Crippen molar-refractivity contribution in [3.63, 3.8) is 0 Å². The van der Waals surface area contributed by atoms with E-state index < -0.39 is 0 Å². The quantitative estimate of drug-likeness (QED) is 0.927. The molecule has 23 heavy (non-hydrogen) atoms. The van der Waals surface area contributed by atoms with E-state index in [9.17, 15) is 4.79 Å². The van der Waals surface area contributed by atoms with E-state index in [0.29, 0.717) is 6.54 Å². The number of aryl methyl sites for hydroxylation is 1. The van der Waals surface area contributed by atoms with Crippen LogP contribution in [0.1, 0.15) is 11.3 Å². The van der Waals surface area contributed by atoms with Crippen LogP contribution in [0.15, 0.2) is 30.3 Å². The van der Waals surface area contributed by atoms with Gasteiger partial charge in [-0.1, -0.05) is 12.1 Å². The second-order valence-electron chi connectivity index (χ2n) is 6.28. The maximum atomic E-state index is 12.3. The highest BCUT2D eigenvalue weighted by atomic mass is 16.2. The number of aromatic nitrogens is 1. The fourth-order valence-electron chi connectivity index (χ4n) is 2.99. The standard InChI is InChI=1S/C18H24N4O/c1-14-3-5-16-11-15(4-6-17(16)20-14)12-21(2)13-18(23)22-9-7-19-8-10-22/h3-6,11,19H,7-10,12-13H2,1-2H3. The normalized spacial score (nSPS) is 15.3. The Labute approximate surface area is 137 Å². The third kappa shape index (κ3) is 4.06. The molecule has 0 atom stereocenters. The molecule has 1 amide bonds. The second kappa shape index (κ2) is 7.06. The molecular weight excluding hydrogens is 288 g/mol. The molecule has 0 bridgehead atoms. The number of piperazine rings is 1. The number of pyridine rings is 1. The van der Waals surface area contributed by atoms with Gasteiger partial charge in [0.05, 0.1) is 12.1 Å². The van der Waals surface area contributed by atoms with Crippen LogP contribution in [-0.2, 0) is 11.3 Å². The highest BCUT2D eigenvalue weighted by Gasteiger charge is 2.17. The molecule has 122 valence electrons. The molecular formula is C18H24N4O. The molecule has 2 heterocycles. The molecule has 0 radical (unpaired) electrons. The molecule has 0 unspecified atom stereocenters.